The van der Waals surface area contributed by atoms with Gasteiger partial charge in [-0.05, 0) is 68.0 Å². The molecule has 0 radical (unpaired) electrons. The topological polar surface area (TPSA) is 103 Å². The number of aromatic nitrogens is 5. The van der Waals surface area contributed by atoms with Crippen LogP contribution < -0.4 is 4.74 Å². The number of tetrazole rings is 1. The summed E-state index contributed by atoms with van der Waals surface area (Å²) >= 11 is 1.26. The standard InChI is InChI=1S/C19H21N5O3S/c1-10-16(12(3)25)11(2)20-17(10)18(26)13(4)28-19-21-22-23-24(19)14-6-8-15(27-5)9-7-14/h6-9,13,20H,1-5H3. The van der Waals surface area contributed by atoms with Crippen molar-refractivity contribution in [2.24, 2.45) is 0 Å². The zero-order chi connectivity index (χ0) is 20.4. The van der Waals surface area contributed by atoms with E-state index in [4.69, 9.17) is 4.74 Å². The summed E-state index contributed by atoms with van der Waals surface area (Å²) in [4.78, 5) is 27.8. The molecular formula is C19H21N5O3S. The highest BCUT2D eigenvalue weighted by Crippen LogP contribution is 2.28. The predicted octanol–water partition coefficient (Wildman–Crippen LogP) is 3.18. The SMILES string of the molecule is COc1ccc(-n2nnnc2SC(C)C(=O)c2[nH]c(C)c(C(C)=O)c2C)cc1. The molecule has 0 amide bonds. The van der Waals surface area contributed by atoms with Crippen molar-refractivity contribution in [1.29, 1.82) is 0 Å². The summed E-state index contributed by atoms with van der Waals surface area (Å²) in [6.07, 6.45) is 0. The van der Waals surface area contributed by atoms with Gasteiger partial charge in [0, 0.05) is 11.3 Å². The lowest BCUT2D eigenvalue weighted by Gasteiger charge is -2.10. The fourth-order valence-corrected chi connectivity index (χ4v) is 3.94. The monoisotopic (exact) mass is 399 g/mol. The maximum atomic E-state index is 13.0. The Bertz CT molecular complexity index is 1020. The van der Waals surface area contributed by atoms with Gasteiger partial charge in [0.05, 0.1) is 23.7 Å². The molecule has 0 aliphatic rings. The summed E-state index contributed by atoms with van der Waals surface area (Å²) in [5.41, 5.74) is 3.17. The first-order chi connectivity index (χ1) is 13.3. The predicted molar refractivity (Wildman–Crippen MR) is 106 cm³/mol. The molecule has 0 fully saturated rings. The van der Waals surface area contributed by atoms with Crippen molar-refractivity contribution in [2.75, 3.05) is 7.11 Å². The Balaban J connectivity index is 1.83. The van der Waals surface area contributed by atoms with E-state index in [-0.39, 0.29) is 11.6 Å². The molecule has 28 heavy (non-hydrogen) atoms. The molecule has 9 heteroatoms. The lowest BCUT2D eigenvalue weighted by molar-refractivity contribution is 0.0988. The minimum Gasteiger partial charge on any atom is -0.497 e. The number of carbonyl (C=O) groups excluding carboxylic acids is 2. The van der Waals surface area contributed by atoms with Gasteiger partial charge in [-0.25, -0.2) is 0 Å². The molecule has 1 aromatic carbocycles. The highest BCUT2D eigenvalue weighted by atomic mass is 32.2. The number of carbonyl (C=O) groups is 2. The third-order valence-electron chi connectivity index (χ3n) is 4.45. The number of ketones is 2. The number of Topliss-reactive ketones (excluding diaryl/α,β-unsaturated/α-hetero) is 2. The van der Waals surface area contributed by atoms with Gasteiger partial charge in [0.1, 0.15) is 5.75 Å². The lowest BCUT2D eigenvalue weighted by Crippen LogP contribution is -2.16. The van der Waals surface area contributed by atoms with Crippen molar-refractivity contribution >= 4 is 23.3 Å². The maximum Gasteiger partial charge on any atom is 0.214 e. The molecule has 2 heterocycles. The number of methoxy groups -OCH3 is 1. The molecule has 0 bridgehead atoms. The first-order valence-corrected chi connectivity index (χ1v) is 9.55. The van der Waals surface area contributed by atoms with Crippen molar-refractivity contribution in [3.05, 3.63) is 46.8 Å². The fourth-order valence-electron chi connectivity index (χ4n) is 3.08. The smallest absolute Gasteiger partial charge is 0.214 e. The summed E-state index contributed by atoms with van der Waals surface area (Å²) in [5.74, 6) is 0.560. The highest BCUT2D eigenvalue weighted by Gasteiger charge is 2.26. The van der Waals surface area contributed by atoms with Gasteiger partial charge in [0.15, 0.2) is 11.6 Å². The molecule has 3 aromatic rings. The quantitative estimate of drug-likeness (QED) is 0.481. The average molecular weight is 399 g/mol. The Labute approximate surface area is 166 Å². The van der Waals surface area contributed by atoms with Crippen LogP contribution in [0.3, 0.4) is 0 Å². The van der Waals surface area contributed by atoms with Gasteiger partial charge in [-0.1, -0.05) is 11.8 Å². The van der Waals surface area contributed by atoms with Crippen molar-refractivity contribution in [3.8, 4) is 11.4 Å². The molecule has 8 nitrogen and oxygen atoms in total. The normalized spacial score (nSPS) is 12.0. The fraction of sp³-hybridized carbons (Fsp3) is 0.316. The molecule has 0 aliphatic heterocycles. The number of H-pyrrole nitrogens is 1. The number of nitrogens with zero attached hydrogens (tertiary/aromatic N) is 4. The van der Waals surface area contributed by atoms with Gasteiger partial charge >= 0.3 is 0 Å². The molecular weight excluding hydrogens is 378 g/mol. The number of aryl methyl sites for hydroxylation is 1. The summed E-state index contributed by atoms with van der Waals surface area (Å²) in [7, 11) is 1.60. The van der Waals surface area contributed by atoms with E-state index in [1.165, 1.54) is 18.7 Å². The van der Waals surface area contributed by atoms with E-state index in [1.807, 2.05) is 24.3 Å². The van der Waals surface area contributed by atoms with Crippen LogP contribution in [0, 0.1) is 13.8 Å². The van der Waals surface area contributed by atoms with Crippen molar-refractivity contribution in [1.82, 2.24) is 25.2 Å². The number of hydrogen-bond donors (Lipinski definition) is 1. The van der Waals surface area contributed by atoms with Crippen LogP contribution in [0.4, 0.5) is 0 Å². The summed E-state index contributed by atoms with van der Waals surface area (Å²) < 4.78 is 6.73. The Kier molecular flexibility index (Phi) is 5.64. The number of aromatic amines is 1. The Hall–Kier alpha value is -2.94. The second-order valence-corrected chi connectivity index (χ2v) is 7.68. The van der Waals surface area contributed by atoms with E-state index in [9.17, 15) is 9.59 Å². The number of benzene rings is 1. The van der Waals surface area contributed by atoms with Gasteiger partial charge in [0.25, 0.3) is 0 Å². The van der Waals surface area contributed by atoms with Crippen LogP contribution in [-0.4, -0.2) is 49.1 Å². The summed E-state index contributed by atoms with van der Waals surface area (Å²) in [6.45, 7) is 6.87. The average Bonchev–Trinajstić information content (AvgIpc) is 3.24. The van der Waals surface area contributed by atoms with Crippen LogP contribution in [0.25, 0.3) is 5.69 Å². The van der Waals surface area contributed by atoms with Crippen LogP contribution in [0.1, 0.15) is 46.0 Å². The molecule has 1 unspecified atom stereocenters. The van der Waals surface area contributed by atoms with Gasteiger partial charge in [-0.3, -0.25) is 9.59 Å². The van der Waals surface area contributed by atoms with Crippen LogP contribution in [0.15, 0.2) is 29.4 Å². The molecule has 0 saturated carbocycles. The Morgan fingerprint density at radius 2 is 1.89 bits per heavy atom. The molecule has 146 valence electrons. The van der Waals surface area contributed by atoms with Gasteiger partial charge in [-0.15, -0.1) is 5.10 Å². The Morgan fingerprint density at radius 3 is 2.46 bits per heavy atom. The minimum absolute atomic E-state index is 0.0611. The van der Waals surface area contributed by atoms with Crippen LogP contribution in [-0.2, 0) is 0 Å². The second kappa shape index (κ2) is 7.97. The van der Waals surface area contributed by atoms with E-state index >= 15 is 0 Å². The van der Waals surface area contributed by atoms with Crippen molar-refractivity contribution in [2.45, 2.75) is 38.1 Å². The van der Waals surface area contributed by atoms with E-state index in [0.29, 0.717) is 27.7 Å². The number of thioether (sulfide) groups is 1. The lowest BCUT2D eigenvalue weighted by atomic mass is 10.0. The molecule has 0 saturated heterocycles. The number of ether oxygens (including phenoxy) is 1. The van der Waals surface area contributed by atoms with Gasteiger partial charge < -0.3 is 9.72 Å². The van der Waals surface area contributed by atoms with Gasteiger partial charge in [0.2, 0.25) is 5.16 Å². The van der Waals surface area contributed by atoms with E-state index < -0.39 is 5.25 Å². The first kappa shape index (κ1) is 19.8. The Morgan fingerprint density at radius 1 is 1.21 bits per heavy atom. The summed E-state index contributed by atoms with van der Waals surface area (Å²) in [5, 5.41) is 11.8. The molecule has 2 aromatic heterocycles. The maximum absolute atomic E-state index is 13.0. The largest absolute Gasteiger partial charge is 0.497 e. The van der Waals surface area contributed by atoms with Crippen LogP contribution in [0.2, 0.25) is 0 Å². The van der Waals surface area contributed by atoms with E-state index in [1.54, 1.807) is 32.6 Å². The van der Waals surface area contributed by atoms with Gasteiger partial charge in [-0.2, -0.15) is 4.68 Å². The highest BCUT2D eigenvalue weighted by molar-refractivity contribution is 8.00. The van der Waals surface area contributed by atoms with Crippen LogP contribution >= 0.6 is 11.8 Å². The van der Waals surface area contributed by atoms with Crippen molar-refractivity contribution in [3.63, 3.8) is 0 Å². The number of nitrogens with one attached hydrogen (secondary N) is 1. The molecule has 0 spiro atoms. The zero-order valence-electron chi connectivity index (χ0n) is 16.3. The second-order valence-electron chi connectivity index (χ2n) is 6.38. The molecule has 0 aliphatic carbocycles. The van der Waals surface area contributed by atoms with Crippen LogP contribution in [0.5, 0.6) is 5.75 Å². The third-order valence-corrected chi connectivity index (χ3v) is 5.48. The minimum atomic E-state index is -0.445. The number of hydrogen-bond acceptors (Lipinski definition) is 7. The zero-order valence-corrected chi connectivity index (χ0v) is 17.1. The molecule has 3 rings (SSSR count). The number of rotatable bonds is 7. The molecule has 1 N–H and O–H groups in total. The van der Waals surface area contributed by atoms with Crippen molar-refractivity contribution < 1.29 is 14.3 Å². The van der Waals surface area contributed by atoms with E-state index in [2.05, 4.69) is 20.5 Å². The first-order valence-electron chi connectivity index (χ1n) is 8.67. The molecule has 1 atom stereocenters. The summed E-state index contributed by atoms with van der Waals surface area (Å²) in [6, 6.07) is 7.30. The third kappa shape index (κ3) is 3.70. The van der Waals surface area contributed by atoms with E-state index in [0.717, 1.165) is 11.4 Å².